The maximum Gasteiger partial charge on any atom is 0.245 e. The van der Waals surface area contributed by atoms with Crippen molar-refractivity contribution in [2.24, 2.45) is 0 Å². The summed E-state index contributed by atoms with van der Waals surface area (Å²) in [7, 11) is -2.62. The van der Waals surface area contributed by atoms with Gasteiger partial charge in [-0.15, -0.1) is 0 Å². The third-order valence-corrected chi connectivity index (χ3v) is 6.99. The smallest absolute Gasteiger partial charge is 0.245 e. The summed E-state index contributed by atoms with van der Waals surface area (Å²) < 4.78 is 34.6. The van der Waals surface area contributed by atoms with Crippen molar-refractivity contribution in [2.45, 2.75) is 44.6 Å². The van der Waals surface area contributed by atoms with Crippen LogP contribution in [0.25, 0.3) is 0 Å². The van der Waals surface area contributed by atoms with Gasteiger partial charge >= 0.3 is 0 Å². The van der Waals surface area contributed by atoms with Gasteiger partial charge in [0.05, 0.1) is 7.11 Å². The van der Waals surface area contributed by atoms with E-state index in [9.17, 15) is 13.2 Å². The highest BCUT2D eigenvalue weighted by atomic mass is 32.2. The van der Waals surface area contributed by atoms with Crippen LogP contribution in [0.2, 0.25) is 0 Å². The Labute approximate surface area is 196 Å². The van der Waals surface area contributed by atoms with Gasteiger partial charge in [0, 0.05) is 5.69 Å². The number of hydrogen-bond donors (Lipinski definition) is 2. The summed E-state index contributed by atoms with van der Waals surface area (Å²) in [5, 5.41) is 2.97. The normalized spacial score (nSPS) is 12.2. The Kier molecular flexibility index (Phi) is 7.89. The predicted molar refractivity (Wildman–Crippen MR) is 131 cm³/mol. The Morgan fingerprint density at radius 3 is 2.39 bits per heavy atom. The molecule has 3 rings (SSSR count). The number of hydrogen-bond acceptors (Lipinski definition) is 4. The fraction of sp³-hybridized carbons (Fsp3) is 0.269. The highest BCUT2D eigenvalue weighted by Crippen LogP contribution is 2.26. The lowest BCUT2D eigenvalue weighted by molar-refractivity contribution is -0.117. The van der Waals surface area contributed by atoms with Crippen LogP contribution in [0.3, 0.4) is 0 Å². The second kappa shape index (κ2) is 10.6. The largest absolute Gasteiger partial charge is 0.495 e. The van der Waals surface area contributed by atoms with Gasteiger partial charge in [-0.05, 0) is 61.1 Å². The lowest BCUT2D eigenvalue weighted by atomic mass is 10.0. The topological polar surface area (TPSA) is 84.5 Å². The first kappa shape index (κ1) is 24.5. The van der Waals surface area contributed by atoms with Crippen LogP contribution in [0.4, 0.5) is 5.69 Å². The molecule has 174 valence electrons. The van der Waals surface area contributed by atoms with Crippen LogP contribution >= 0.6 is 0 Å². The minimum Gasteiger partial charge on any atom is -0.495 e. The molecule has 0 aliphatic carbocycles. The predicted octanol–water partition coefficient (Wildman–Crippen LogP) is 4.40. The maximum absolute atomic E-state index is 13.4. The van der Waals surface area contributed by atoms with E-state index in [0.717, 1.165) is 34.4 Å². The molecule has 0 aromatic heterocycles. The number of para-hydroxylation sites is 1. The van der Waals surface area contributed by atoms with Gasteiger partial charge in [-0.1, -0.05) is 61.5 Å². The monoisotopic (exact) mass is 466 g/mol. The second-order valence-corrected chi connectivity index (χ2v) is 9.65. The zero-order valence-corrected chi connectivity index (χ0v) is 20.2. The lowest BCUT2D eigenvalue weighted by Crippen LogP contribution is -2.45. The molecular formula is C26H30N2O4S. The number of aryl methyl sites for hydroxylation is 3. The molecular weight excluding hydrogens is 436 g/mol. The van der Waals surface area contributed by atoms with Crippen molar-refractivity contribution in [3.8, 4) is 5.75 Å². The summed E-state index contributed by atoms with van der Waals surface area (Å²) in [5.41, 5.74) is 4.24. The minimum atomic E-state index is -4.04. The molecule has 0 heterocycles. The standard InChI is InChI=1S/C26H30N2O4S/c1-5-21-13-9-10-19(3)25(21)27-26(29)22(17-20-11-7-6-8-12-20)28-33(30,31)24-16-18(2)14-15-23(24)32-4/h6-16,22,28H,5,17H2,1-4H3,(H,27,29)/t22-/m1/s1. The molecule has 0 unspecified atom stereocenters. The first-order valence-corrected chi connectivity index (χ1v) is 12.3. The molecule has 3 aromatic carbocycles. The third kappa shape index (κ3) is 6.00. The zero-order valence-electron chi connectivity index (χ0n) is 19.4. The van der Waals surface area contributed by atoms with E-state index >= 15 is 0 Å². The van der Waals surface area contributed by atoms with Crippen molar-refractivity contribution in [1.29, 1.82) is 0 Å². The molecule has 7 heteroatoms. The molecule has 0 bridgehead atoms. The van der Waals surface area contributed by atoms with E-state index < -0.39 is 22.0 Å². The summed E-state index contributed by atoms with van der Waals surface area (Å²) >= 11 is 0. The van der Waals surface area contributed by atoms with Crippen LogP contribution in [-0.2, 0) is 27.7 Å². The van der Waals surface area contributed by atoms with Gasteiger partial charge in [0.2, 0.25) is 15.9 Å². The summed E-state index contributed by atoms with van der Waals surface area (Å²) in [6, 6.07) is 19.0. The number of sulfonamides is 1. The van der Waals surface area contributed by atoms with Crippen LogP contribution in [0, 0.1) is 13.8 Å². The van der Waals surface area contributed by atoms with Gasteiger partial charge < -0.3 is 10.1 Å². The number of nitrogens with one attached hydrogen (secondary N) is 2. The molecule has 0 fully saturated rings. The Bertz CT molecular complexity index is 1220. The average Bonchev–Trinajstić information content (AvgIpc) is 2.80. The van der Waals surface area contributed by atoms with Crippen LogP contribution in [0.5, 0.6) is 5.75 Å². The van der Waals surface area contributed by atoms with Crippen molar-refractivity contribution in [3.05, 3.63) is 89.0 Å². The molecule has 2 N–H and O–H groups in total. The molecule has 0 aliphatic heterocycles. The number of benzene rings is 3. The van der Waals surface area contributed by atoms with Crippen molar-refractivity contribution in [3.63, 3.8) is 0 Å². The number of amides is 1. The third-order valence-electron chi connectivity index (χ3n) is 5.49. The van der Waals surface area contributed by atoms with Crippen molar-refractivity contribution in [1.82, 2.24) is 4.72 Å². The molecule has 33 heavy (non-hydrogen) atoms. The Balaban J connectivity index is 1.97. The fourth-order valence-electron chi connectivity index (χ4n) is 3.69. The first-order chi connectivity index (χ1) is 15.7. The van der Waals surface area contributed by atoms with Crippen LogP contribution in [0.15, 0.2) is 71.6 Å². The molecule has 1 amide bonds. The van der Waals surface area contributed by atoms with Gasteiger partial charge in [0.1, 0.15) is 16.7 Å². The van der Waals surface area contributed by atoms with Crippen molar-refractivity contribution >= 4 is 21.6 Å². The second-order valence-electron chi connectivity index (χ2n) is 7.97. The SMILES string of the molecule is CCc1cccc(C)c1NC(=O)[C@@H](Cc1ccccc1)NS(=O)(=O)c1cc(C)ccc1OC. The van der Waals surface area contributed by atoms with Crippen LogP contribution < -0.4 is 14.8 Å². The summed E-state index contributed by atoms with van der Waals surface area (Å²) in [6.45, 7) is 5.73. The van der Waals surface area contributed by atoms with Gasteiger partial charge in [-0.25, -0.2) is 8.42 Å². The Morgan fingerprint density at radius 2 is 1.73 bits per heavy atom. The van der Waals surface area contributed by atoms with Gasteiger partial charge in [0.15, 0.2) is 0 Å². The molecule has 3 aromatic rings. The number of anilines is 1. The molecule has 0 radical (unpaired) electrons. The van der Waals surface area contributed by atoms with E-state index in [1.807, 2.05) is 62.4 Å². The Morgan fingerprint density at radius 1 is 1.00 bits per heavy atom. The lowest BCUT2D eigenvalue weighted by Gasteiger charge is -2.21. The van der Waals surface area contributed by atoms with E-state index in [1.54, 1.807) is 19.1 Å². The number of ether oxygens (including phenoxy) is 1. The molecule has 0 aliphatic rings. The van der Waals surface area contributed by atoms with E-state index in [0.29, 0.717) is 0 Å². The maximum atomic E-state index is 13.4. The number of methoxy groups -OCH3 is 1. The fourth-order valence-corrected chi connectivity index (χ4v) is 5.14. The summed E-state index contributed by atoms with van der Waals surface area (Å²) in [6.07, 6.45) is 0.945. The van der Waals surface area contributed by atoms with E-state index in [-0.39, 0.29) is 17.1 Å². The average molecular weight is 467 g/mol. The van der Waals surface area contributed by atoms with Crippen molar-refractivity contribution < 1.29 is 17.9 Å². The summed E-state index contributed by atoms with van der Waals surface area (Å²) in [4.78, 5) is 13.4. The van der Waals surface area contributed by atoms with Crippen molar-refractivity contribution in [2.75, 3.05) is 12.4 Å². The highest BCUT2D eigenvalue weighted by Gasteiger charge is 2.29. The first-order valence-electron chi connectivity index (χ1n) is 10.9. The minimum absolute atomic E-state index is 0.000926. The molecule has 1 atom stereocenters. The molecule has 0 saturated carbocycles. The quantitative estimate of drug-likeness (QED) is 0.489. The number of rotatable bonds is 9. The van der Waals surface area contributed by atoms with Crippen LogP contribution in [-0.4, -0.2) is 27.5 Å². The Hall–Kier alpha value is -3.16. The number of carbonyl (C=O) groups is 1. The van der Waals surface area contributed by atoms with Gasteiger partial charge in [-0.3, -0.25) is 4.79 Å². The zero-order chi connectivity index (χ0) is 24.0. The number of carbonyl (C=O) groups excluding carboxylic acids is 1. The van der Waals surface area contributed by atoms with Gasteiger partial charge in [0.25, 0.3) is 0 Å². The molecule has 0 spiro atoms. The van der Waals surface area contributed by atoms with E-state index in [2.05, 4.69) is 10.0 Å². The molecule has 0 saturated heterocycles. The van der Waals surface area contributed by atoms with E-state index in [1.165, 1.54) is 13.2 Å². The van der Waals surface area contributed by atoms with Gasteiger partial charge in [-0.2, -0.15) is 4.72 Å². The molecule has 6 nitrogen and oxygen atoms in total. The van der Waals surface area contributed by atoms with Crippen LogP contribution in [0.1, 0.15) is 29.2 Å². The highest BCUT2D eigenvalue weighted by molar-refractivity contribution is 7.89. The van der Waals surface area contributed by atoms with E-state index in [4.69, 9.17) is 4.74 Å². The summed E-state index contributed by atoms with van der Waals surface area (Å²) in [5.74, 6) is -0.197.